The molecule has 22 heavy (non-hydrogen) atoms. The maximum absolute atomic E-state index is 12.6. The van der Waals surface area contributed by atoms with Crippen LogP contribution in [0.4, 0.5) is 0 Å². The van der Waals surface area contributed by atoms with E-state index in [1.54, 1.807) is 19.9 Å². The molecule has 1 N–H and O–H groups in total. The van der Waals surface area contributed by atoms with Gasteiger partial charge >= 0.3 is 0 Å². The number of nitrogens with one attached hydrogen (secondary N) is 1. The molecular weight excluding hydrogens is 322 g/mol. The third-order valence-corrected chi connectivity index (χ3v) is 5.34. The highest BCUT2D eigenvalue weighted by molar-refractivity contribution is 7.89. The molecule has 4 nitrogen and oxygen atoms in total. The Morgan fingerprint density at radius 3 is 2.41 bits per heavy atom. The van der Waals surface area contributed by atoms with Crippen molar-refractivity contribution < 1.29 is 13.2 Å². The minimum atomic E-state index is -3.75. The number of sulfonamides is 1. The van der Waals surface area contributed by atoms with E-state index in [2.05, 4.69) is 4.72 Å². The first-order valence-corrected chi connectivity index (χ1v) is 8.62. The van der Waals surface area contributed by atoms with Crippen LogP contribution >= 0.6 is 11.6 Å². The molecule has 0 spiro atoms. The van der Waals surface area contributed by atoms with Gasteiger partial charge in [-0.3, -0.25) is 0 Å². The van der Waals surface area contributed by atoms with Gasteiger partial charge in [-0.2, -0.15) is 0 Å². The molecule has 0 saturated carbocycles. The lowest BCUT2D eigenvalue weighted by Gasteiger charge is -2.17. The highest BCUT2D eigenvalue weighted by Gasteiger charge is 2.23. The maximum Gasteiger partial charge on any atom is 0.244 e. The number of ether oxygens (including phenoxy) is 1. The molecule has 2 aromatic rings. The topological polar surface area (TPSA) is 55.4 Å². The van der Waals surface area contributed by atoms with Crippen molar-refractivity contribution >= 4 is 21.6 Å². The Balaban J connectivity index is 2.37. The third-order valence-electron chi connectivity index (χ3n) is 3.37. The van der Waals surface area contributed by atoms with Crippen LogP contribution in [-0.2, 0) is 10.0 Å². The number of halogens is 1. The molecule has 0 aliphatic rings. The molecule has 0 aliphatic heterocycles. The standard InChI is InChI=1S/C16H18ClNO3S/c1-11-9-15(21-3)16(10-14(11)17)22(19,20)18-12(2)13-7-5-4-6-8-13/h4-10,12,18H,1-3H3/t12-/m0/s1. The Morgan fingerprint density at radius 1 is 1.18 bits per heavy atom. The molecule has 2 rings (SSSR count). The zero-order valence-corrected chi connectivity index (χ0v) is 14.2. The van der Waals surface area contributed by atoms with Gasteiger partial charge in [0.2, 0.25) is 10.0 Å². The molecule has 118 valence electrons. The molecule has 6 heteroatoms. The van der Waals surface area contributed by atoms with E-state index in [9.17, 15) is 8.42 Å². The van der Waals surface area contributed by atoms with Gasteiger partial charge in [0.25, 0.3) is 0 Å². The fourth-order valence-electron chi connectivity index (χ4n) is 2.11. The molecule has 0 aromatic heterocycles. The largest absolute Gasteiger partial charge is 0.495 e. The van der Waals surface area contributed by atoms with E-state index in [-0.39, 0.29) is 16.7 Å². The second kappa shape index (κ2) is 6.69. The summed E-state index contributed by atoms with van der Waals surface area (Å²) in [5.74, 6) is 0.273. The molecule has 0 saturated heterocycles. The highest BCUT2D eigenvalue weighted by atomic mass is 35.5. The Morgan fingerprint density at radius 2 is 1.82 bits per heavy atom. The first kappa shape index (κ1) is 16.8. The van der Waals surface area contributed by atoms with E-state index in [1.807, 2.05) is 30.3 Å². The fourth-order valence-corrected chi connectivity index (χ4v) is 3.75. The van der Waals surface area contributed by atoms with Crippen molar-refractivity contribution in [1.82, 2.24) is 4.72 Å². The van der Waals surface area contributed by atoms with Crippen molar-refractivity contribution in [3.8, 4) is 5.75 Å². The van der Waals surface area contributed by atoms with E-state index in [1.165, 1.54) is 13.2 Å². The van der Waals surface area contributed by atoms with Gasteiger partial charge in [-0.05, 0) is 37.1 Å². The predicted octanol–water partition coefficient (Wildman–Crippen LogP) is 3.70. The summed E-state index contributed by atoms with van der Waals surface area (Å²) >= 11 is 6.05. The van der Waals surface area contributed by atoms with Crippen LogP contribution in [0.1, 0.15) is 24.1 Å². The zero-order chi connectivity index (χ0) is 16.3. The Hall–Kier alpha value is -1.56. The van der Waals surface area contributed by atoms with Gasteiger partial charge in [0.1, 0.15) is 10.6 Å². The van der Waals surface area contributed by atoms with E-state index >= 15 is 0 Å². The minimum Gasteiger partial charge on any atom is -0.495 e. The van der Waals surface area contributed by atoms with Crippen LogP contribution in [0.2, 0.25) is 5.02 Å². The summed E-state index contributed by atoms with van der Waals surface area (Å²) < 4.78 is 33.0. The van der Waals surface area contributed by atoms with Gasteiger partial charge < -0.3 is 4.74 Å². The number of aryl methyl sites for hydroxylation is 1. The lowest BCUT2D eigenvalue weighted by molar-refractivity contribution is 0.401. The van der Waals surface area contributed by atoms with Gasteiger partial charge in [0, 0.05) is 11.1 Å². The van der Waals surface area contributed by atoms with Gasteiger partial charge in [-0.15, -0.1) is 0 Å². The van der Waals surface area contributed by atoms with E-state index in [4.69, 9.17) is 16.3 Å². The number of benzene rings is 2. The van der Waals surface area contributed by atoms with Crippen molar-refractivity contribution in [2.45, 2.75) is 24.8 Å². The summed E-state index contributed by atoms with van der Waals surface area (Å²) in [4.78, 5) is 0.0355. The molecule has 0 amide bonds. The van der Waals surface area contributed by atoms with Crippen LogP contribution in [0, 0.1) is 6.92 Å². The van der Waals surface area contributed by atoms with Crippen molar-refractivity contribution in [3.63, 3.8) is 0 Å². The average molecular weight is 340 g/mol. The first-order chi connectivity index (χ1) is 10.3. The van der Waals surface area contributed by atoms with E-state index < -0.39 is 10.0 Å². The van der Waals surface area contributed by atoms with Crippen molar-refractivity contribution in [2.24, 2.45) is 0 Å². The highest BCUT2D eigenvalue weighted by Crippen LogP contribution is 2.31. The lowest BCUT2D eigenvalue weighted by atomic mass is 10.1. The monoisotopic (exact) mass is 339 g/mol. The van der Waals surface area contributed by atoms with Gasteiger partial charge in [-0.25, -0.2) is 13.1 Å². The third kappa shape index (κ3) is 3.61. The van der Waals surface area contributed by atoms with Crippen molar-refractivity contribution in [2.75, 3.05) is 7.11 Å². The summed E-state index contributed by atoms with van der Waals surface area (Å²) in [6, 6.07) is 12.0. The molecule has 0 radical (unpaired) electrons. The molecule has 0 aliphatic carbocycles. The second-order valence-corrected chi connectivity index (χ2v) is 7.10. The maximum atomic E-state index is 12.6. The van der Waals surface area contributed by atoms with Gasteiger partial charge in [0.05, 0.1) is 7.11 Å². The molecule has 2 aromatic carbocycles. The second-order valence-electron chi connectivity index (χ2n) is 5.01. The number of hydrogen-bond acceptors (Lipinski definition) is 3. The Kier molecular flexibility index (Phi) is 5.11. The fraction of sp³-hybridized carbons (Fsp3) is 0.250. The van der Waals surface area contributed by atoms with Gasteiger partial charge in [-0.1, -0.05) is 41.9 Å². The molecule has 0 heterocycles. The van der Waals surface area contributed by atoms with Gasteiger partial charge in [0.15, 0.2) is 0 Å². The van der Waals surface area contributed by atoms with Crippen LogP contribution in [0.15, 0.2) is 47.4 Å². The zero-order valence-electron chi connectivity index (χ0n) is 12.6. The first-order valence-electron chi connectivity index (χ1n) is 6.76. The van der Waals surface area contributed by atoms with Crippen LogP contribution in [-0.4, -0.2) is 15.5 Å². The van der Waals surface area contributed by atoms with Crippen LogP contribution in [0.3, 0.4) is 0 Å². The Labute approximate surface area is 136 Å². The van der Waals surface area contributed by atoms with E-state index in [0.717, 1.165) is 11.1 Å². The number of rotatable bonds is 5. The minimum absolute atomic E-state index is 0.0355. The predicted molar refractivity (Wildman–Crippen MR) is 87.9 cm³/mol. The van der Waals surface area contributed by atoms with Crippen LogP contribution in [0.5, 0.6) is 5.75 Å². The molecule has 0 unspecified atom stereocenters. The molecule has 0 fully saturated rings. The summed E-state index contributed by atoms with van der Waals surface area (Å²) in [5, 5.41) is 0.383. The summed E-state index contributed by atoms with van der Waals surface area (Å²) in [6.07, 6.45) is 0. The van der Waals surface area contributed by atoms with E-state index in [0.29, 0.717) is 5.02 Å². The molecule has 0 bridgehead atoms. The van der Waals surface area contributed by atoms with Crippen molar-refractivity contribution in [3.05, 3.63) is 58.6 Å². The average Bonchev–Trinajstić information content (AvgIpc) is 2.49. The molecule has 1 atom stereocenters. The summed E-state index contributed by atoms with van der Waals surface area (Å²) in [6.45, 7) is 3.58. The van der Waals surface area contributed by atoms with Crippen LogP contribution < -0.4 is 9.46 Å². The SMILES string of the molecule is COc1cc(C)c(Cl)cc1S(=O)(=O)N[C@@H](C)c1ccccc1. The van der Waals surface area contributed by atoms with Crippen molar-refractivity contribution in [1.29, 1.82) is 0 Å². The number of methoxy groups -OCH3 is 1. The van der Waals surface area contributed by atoms with Crippen LogP contribution in [0.25, 0.3) is 0 Å². The quantitative estimate of drug-likeness (QED) is 0.903. The summed E-state index contributed by atoms with van der Waals surface area (Å²) in [7, 11) is -2.32. The summed E-state index contributed by atoms with van der Waals surface area (Å²) in [5.41, 5.74) is 1.64. The number of hydrogen-bond donors (Lipinski definition) is 1. The normalized spacial score (nSPS) is 12.9. The molecular formula is C16H18ClNO3S. The smallest absolute Gasteiger partial charge is 0.244 e. The Bertz CT molecular complexity index is 760. The lowest BCUT2D eigenvalue weighted by Crippen LogP contribution is -2.27.